The summed E-state index contributed by atoms with van der Waals surface area (Å²) < 4.78 is 5.22. The van der Waals surface area contributed by atoms with Crippen molar-refractivity contribution in [1.82, 2.24) is 0 Å². The van der Waals surface area contributed by atoms with Crippen molar-refractivity contribution in [2.75, 3.05) is 0 Å². The van der Waals surface area contributed by atoms with Crippen LogP contribution in [0, 0.1) is 12.3 Å². The molecule has 0 spiro atoms. The van der Waals surface area contributed by atoms with Gasteiger partial charge in [-0.25, -0.2) is 0 Å². The van der Waals surface area contributed by atoms with Crippen LogP contribution in [-0.4, -0.2) is 5.84 Å². The van der Waals surface area contributed by atoms with Crippen molar-refractivity contribution < 1.29 is 4.42 Å². The van der Waals surface area contributed by atoms with Crippen LogP contribution < -0.4 is 5.73 Å². The highest BCUT2D eigenvalue weighted by Crippen LogP contribution is 2.30. The number of rotatable bonds is 3. The Bertz CT molecular complexity index is 502. The van der Waals surface area contributed by atoms with E-state index in [0.717, 1.165) is 21.1 Å². The van der Waals surface area contributed by atoms with Crippen molar-refractivity contribution in [3.8, 4) is 0 Å². The van der Waals surface area contributed by atoms with Crippen molar-refractivity contribution in [2.24, 2.45) is 5.73 Å². The van der Waals surface area contributed by atoms with Crippen LogP contribution in [0.3, 0.4) is 0 Å². The zero-order valence-electron chi connectivity index (χ0n) is 8.86. The van der Waals surface area contributed by atoms with Crippen LogP contribution in [0.15, 0.2) is 50.8 Å². The first-order chi connectivity index (χ1) is 7.66. The molecule has 0 saturated heterocycles. The average molecular weight is 232 g/mol. The third-order valence-corrected chi connectivity index (χ3v) is 3.36. The Morgan fingerprint density at radius 1 is 1.25 bits per heavy atom. The second-order valence-electron chi connectivity index (χ2n) is 3.38. The standard InChI is InChI=1S/C12H12N2OS/c1-8-11(6-7-15-8)16-10-4-2-9(3-5-10)12(13)14/h2-7H,1H3,(H3,13,14). The zero-order valence-corrected chi connectivity index (χ0v) is 9.67. The van der Waals surface area contributed by atoms with E-state index in [2.05, 4.69) is 0 Å². The van der Waals surface area contributed by atoms with Crippen LogP contribution in [0.2, 0.25) is 0 Å². The minimum absolute atomic E-state index is 0.0936. The van der Waals surface area contributed by atoms with Gasteiger partial charge in [-0.05, 0) is 25.1 Å². The Morgan fingerprint density at radius 3 is 2.44 bits per heavy atom. The lowest BCUT2D eigenvalue weighted by atomic mass is 10.2. The van der Waals surface area contributed by atoms with E-state index < -0.39 is 0 Å². The Kier molecular flexibility index (Phi) is 3.01. The summed E-state index contributed by atoms with van der Waals surface area (Å²) in [5, 5.41) is 7.29. The molecular formula is C12H12N2OS. The van der Waals surface area contributed by atoms with Gasteiger partial charge in [0, 0.05) is 10.5 Å². The lowest BCUT2D eigenvalue weighted by Gasteiger charge is -2.01. The molecule has 3 N–H and O–H groups in total. The number of hydrogen-bond acceptors (Lipinski definition) is 3. The highest BCUT2D eigenvalue weighted by atomic mass is 32.2. The van der Waals surface area contributed by atoms with Crippen molar-refractivity contribution in [3.63, 3.8) is 0 Å². The predicted octanol–water partition coefficient (Wildman–Crippen LogP) is 3.02. The van der Waals surface area contributed by atoms with Gasteiger partial charge >= 0.3 is 0 Å². The Balaban J connectivity index is 2.17. The minimum atomic E-state index is 0.0936. The van der Waals surface area contributed by atoms with Crippen LogP contribution in [-0.2, 0) is 0 Å². The molecule has 16 heavy (non-hydrogen) atoms. The van der Waals surface area contributed by atoms with E-state index in [-0.39, 0.29) is 5.84 Å². The highest BCUT2D eigenvalue weighted by molar-refractivity contribution is 7.99. The van der Waals surface area contributed by atoms with Gasteiger partial charge in [-0.2, -0.15) is 0 Å². The van der Waals surface area contributed by atoms with Gasteiger partial charge < -0.3 is 10.2 Å². The monoisotopic (exact) mass is 232 g/mol. The van der Waals surface area contributed by atoms with Crippen LogP contribution in [0.1, 0.15) is 11.3 Å². The number of nitrogen functional groups attached to an aromatic ring is 1. The number of furan rings is 1. The van der Waals surface area contributed by atoms with Gasteiger partial charge in [-0.3, -0.25) is 5.41 Å². The van der Waals surface area contributed by atoms with Gasteiger partial charge in [0.05, 0.1) is 11.2 Å². The van der Waals surface area contributed by atoms with Gasteiger partial charge in [0.25, 0.3) is 0 Å². The lowest BCUT2D eigenvalue weighted by Crippen LogP contribution is -2.10. The molecule has 82 valence electrons. The molecule has 1 aromatic carbocycles. The molecule has 0 aliphatic heterocycles. The summed E-state index contributed by atoms with van der Waals surface area (Å²) in [6, 6.07) is 9.54. The first-order valence-corrected chi connectivity index (χ1v) is 5.65. The molecule has 0 unspecified atom stereocenters. The third-order valence-electron chi connectivity index (χ3n) is 2.20. The zero-order chi connectivity index (χ0) is 11.5. The first-order valence-electron chi connectivity index (χ1n) is 4.83. The van der Waals surface area contributed by atoms with E-state index in [1.807, 2.05) is 37.3 Å². The Hall–Kier alpha value is -1.68. The molecule has 0 saturated carbocycles. The number of aryl methyl sites for hydroxylation is 1. The molecule has 0 aliphatic rings. The van der Waals surface area contributed by atoms with Crippen LogP contribution >= 0.6 is 11.8 Å². The number of hydrogen-bond donors (Lipinski definition) is 2. The van der Waals surface area contributed by atoms with Crippen LogP contribution in [0.5, 0.6) is 0 Å². The van der Waals surface area contributed by atoms with E-state index in [1.165, 1.54) is 0 Å². The first kappa shape index (κ1) is 10.8. The summed E-state index contributed by atoms with van der Waals surface area (Å²) in [6.07, 6.45) is 1.68. The summed E-state index contributed by atoms with van der Waals surface area (Å²) in [7, 11) is 0. The fraction of sp³-hybridized carbons (Fsp3) is 0.0833. The quantitative estimate of drug-likeness (QED) is 0.631. The van der Waals surface area contributed by atoms with Crippen LogP contribution in [0.25, 0.3) is 0 Å². The second kappa shape index (κ2) is 4.45. The number of benzene rings is 1. The molecule has 0 radical (unpaired) electrons. The van der Waals surface area contributed by atoms with E-state index >= 15 is 0 Å². The summed E-state index contributed by atoms with van der Waals surface area (Å²) in [5.41, 5.74) is 6.13. The summed E-state index contributed by atoms with van der Waals surface area (Å²) in [6.45, 7) is 1.94. The summed E-state index contributed by atoms with van der Waals surface area (Å²) >= 11 is 1.64. The second-order valence-corrected chi connectivity index (χ2v) is 4.50. The number of nitrogens with one attached hydrogen (secondary N) is 1. The van der Waals surface area contributed by atoms with Crippen molar-refractivity contribution in [2.45, 2.75) is 16.7 Å². The molecule has 0 bridgehead atoms. The molecule has 4 heteroatoms. The maximum absolute atomic E-state index is 7.29. The topological polar surface area (TPSA) is 63.0 Å². The SMILES string of the molecule is Cc1occc1Sc1ccc(C(=N)N)cc1. The van der Waals surface area contributed by atoms with Crippen molar-refractivity contribution in [3.05, 3.63) is 47.9 Å². The molecule has 0 atom stereocenters. The van der Waals surface area contributed by atoms with Gasteiger partial charge in [0.1, 0.15) is 11.6 Å². The van der Waals surface area contributed by atoms with E-state index in [1.54, 1.807) is 18.0 Å². The highest BCUT2D eigenvalue weighted by Gasteiger charge is 2.04. The molecular weight excluding hydrogens is 220 g/mol. The molecule has 2 aromatic rings. The van der Waals surface area contributed by atoms with E-state index in [4.69, 9.17) is 15.6 Å². The van der Waals surface area contributed by atoms with Crippen LogP contribution in [0.4, 0.5) is 0 Å². The van der Waals surface area contributed by atoms with E-state index in [9.17, 15) is 0 Å². The van der Waals surface area contributed by atoms with Crippen molar-refractivity contribution >= 4 is 17.6 Å². The molecule has 2 rings (SSSR count). The van der Waals surface area contributed by atoms with Gasteiger partial charge in [-0.15, -0.1) is 0 Å². The normalized spacial score (nSPS) is 10.3. The molecule has 1 heterocycles. The van der Waals surface area contributed by atoms with Crippen molar-refractivity contribution in [1.29, 1.82) is 5.41 Å². The van der Waals surface area contributed by atoms with Gasteiger partial charge in [0.2, 0.25) is 0 Å². The largest absolute Gasteiger partial charge is 0.468 e. The fourth-order valence-electron chi connectivity index (χ4n) is 1.31. The number of amidine groups is 1. The minimum Gasteiger partial charge on any atom is -0.468 e. The third kappa shape index (κ3) is 2.28. The lowest BCUT2D eigenvalue weighted by molar-refractivity contribution is 0.527. The molecule has 0 aliphatic carbocycles. The molecule has 0 amide bonds. The maximum atomic E-state index is 7.29. The summed E-state index contributed by atoms with van der Waals surface area (Å²) in [5.74, 6) is 1.01. The average Bonchev–Trinajstić information content (AvgIpc) is 2.65. The number of nitrogens with two attached hydrogens (primary N) is 1. The Morgan fingerprint density at radius 2 is 1.94 bits per heavy atom. The predicted molar refractivity (Wildman–Crippen MR) is 65.0 cm³/mol. The molecule has 0 fully saturated rings. The molecule has 1 aromatic heterocycles. The smallest absolute Gasteiger partial charge is 0.122 e. The fourth-order valence-corrected chi connectivity index (χ4v) is 2.15. The van der Waals surface area contributed by atoms with Gasteiger partial charge in [-0.1, -0.05) is 23.9 Å². The maximum Gasteiger partial charge on any atom is 0.122 e. The van der Waals surface area contributed by atoms with Gasteiger partial charge in [0.15, 0.2) is 0 Å². The molecule has 3 nitrogen and oxygen atoms in total. The van der Waals surface area contributed by atoms with E-state index in [0.29, 0.717) is 0 Å². The Labute approximate surface area is 98.2 Å². The summed E-state index contributed by atoms with van der Waals surface area (Å²) in [4.78, 5) is 2.21.